The summed E-state index contributed by atoms with van der Waals surface area (Å²) in [4.78, 5) is 15.0. The third-order valence-corrected chi connectivity index (χ3v) is 4.37. The Labute approximate surface area is 152 Å². The summed E-state index contributed by atoms with van der Waals surface area (Å²) in [5.41, 5.74) is 10.3. The molecule has 0 atom stereocenters. The van der Waals surface area contributed by atoms with Gasteiger partial charge in [-0.3, -0.25) is 4.79 Å². The van der Waals surface area contributed by atoms with Crippen molar-refractivity contribution in [2.45, 2.75) is 6.54 Å². The van der Waals surface area contributed by atoms with E-state index in [-0.39, 0.29) is 0 Å². The number of H-pyrrole nitrogens is 1. The predicted molar refractivity (Wildman–Crippen MR) is 105 cm³/mol. The maximum absolute atomic E-state index is 11.7. The van der Waals surface area contributed by atoms with Crippen molar-refractivity contribution in [3.8, 4) is 11.1 Å². The van der Waals surface area contributed by atoms with Crippen LogP contribution in [0, 0.1) is 0 Å². The molecular weight excluding hydrogens is 328 g/mol. The molecule has 5 N–H and O–H groups in total. The molecule has 0 bridgehead atoms. The normalized spacial score (nSPS) is 11.0. The van der Waals surface area contributed by atoms with E-state index in [0.717, 1.165) is 35.1 Å². The van der Waals surface area contributed by atoms with Gasteiger partial charge >= 0.3 is 0 Å². The zero-order valence-electron chi connectivity index (χ0n) is 15.1. The van der Waals surface area contributed by atoms with Crippen molar-refractivity contribution in [2.24, 2.45) is 5.73 Å². The number of hydrogen-bond acceptors (Lipinski definition) is 4. The Morgan fingerprint density at radius 3 is 2.73 bits per heavy atom. The van der Waals surface area contributed by atoms with Gasteiger partial charge in [-0.25, -0.2) is 0 Å². The fourth-order valence-corrected chi connectivity index (χ4v) is 3.09. The fraction of sp³-hybridized carbons (Fsp3) is 0.250. The van der Waals surface area contributed by atoms with Crippen molar-refractivity contribution in [2.75, 3.05) is 32.6 Å². The fourth-order valence-electron chi connectivity index (χ4n) is 3.09. The molecule has 6 heteroatoms. The van der Waals surface area contributed by atoms with Crippen LogP contribution in [0.5, 0.6) is 0 Å². The van der Waals surface area contributed by atoms with Crippen LogP contribution in [0.15, 0.2) is 42.5 Å². The number of carbonyl (C=O) groups excluding carboxylic acids is 1. The van der Waals surface area contributed by atoms with Crippen molar-refractivity contribution in [3.05, 3.63) is 53.6 Å². The first-order valence-electron chi connectivity index (χ1n) is 8.56. The van der Waals surface area contributed by atoms with Crippen LogP contribution in [0.25, 0.3) is 22.0 Å². The molecule has 0 aliphatic carbocycles. The lowest BCUT2D eigenvalue weighted by molar-refractivity contribution is 0.100. The van der Waals surface area contributed by atoms with Gasteiger partial charge in [0.05, 0.1) is 12.2 Å². The van der Waals surface area contributed by atoms with Crippen LogP contribution in [0.1, 0.15) is 15.9 Å². The number of aromatic nitrogens is 1. The van der Waals surface area contributed by atoms with Crippen LogP contribution >= 0.6 is 0 Å². The summed E-state index contributed by atoms with van der Waals surface area (Å²) in [7, 11) is 3.46. The number of fused-ring (bicyclic) bond motifs is 1. The standard InChI is InChI=1S/C20H24N4O2/c1-22-20-18(19(21)25)16-7-6-15(11-17(16)24-20)14-5-3-4-13(10-14)12-23-8-9-26-2/h3-7,10-11,22-24H,8-9,12H2,1-2H3,(H2,21,25). The Balaban J connectivity index is 1.90. The largest absolute Gasteiger partial charge is 0.383 e. The number of anilines is 1. The molecular formula is C20H24N4O2. The Morgan fingerprint density at radius 1 is 1.19 bits per heavy atom. The van der Waals surface area contributed by atoms with Gasteiger partial charge in [0.15, 0.2) is 0 Å². The Kier molecular flexibility index (Phi) is 5.55. The zero-order chi connectivity index (χ0) is 18.5. The van der Waals surface area contributed by atoms with E-state index in [1.807, 2.05) is 18.2 Å². The van der Waals surface area contributed by atoms with Crippen LogP contribution in [0.4, 0.5) is 5.82 Å². The number of aromatic amines is 1. The van der Waals surface area contributed by atoms with E-state index in [9.17, 15) is 4.79 Å². The molecule has 1 aromatic heterocycles. The highest BCUT2D eigenvalue weighted by atomic mass is 16.5. The molecule has 3 aromatic rings. The van der Waals surface area contributed by atoms with Crippen molar-refractivity contribution in [1.82, 2.24) is 10.3 Å². The van der Waals surface area contributed by atoms with Gasteiger partial charge in [-0.1, -0.05) is 30.3 Å². The highest BCUT2D eigenvalue weighted by Gasteiger charge is 2.15. The van der Waals surface area contributed by atoms with E-state index in [1.165, 1.54) is 5.56 Å². The average molecular weight is 352 g/mol. The van der Waals surface area contributed by atoms with Crippen molar-refractivity contribution in [1.29, 1.82) is 0 Å². The number of nitrogens with two attached hydrogens (primary N) is 1. The van der Waals surface area contributed by atoms with Gasteiger partial charge in [-0.2, -0.15) is 0 Å². The molecule has 2 aromatic carbocycles. The quantitative estimate of drug-likeness (QED) is 0.469. The number of nitrogens with one attached hydrogen (secondary N) is 3. The third kappa shape index (κ3) is 3.71. The summed E-state index contributed by atoms with van der Waals surface area (Å²) < 4.78 is 5.05. The summed E-state index contributed by atoms with van der Waals surface area (Å²) in [5.74, 6) is 0.193. The minimum Gasteiger partial charge on any atom is -0.383 e. The molecule has 26 heavy (non-hydrogen) atoms. The molecule has 0 unspecified atom stereocenters. The molecule has 0 fully saturated rings. The van der Waals surface area contributed by atoms with E-state index in [1.54, 1.807) is 14.2 Å². The minimum absolute atomic E-state index is 0.447. The van der Waals surface area contributed by atoms with Gasteiger partial charge in [0.25, 0.3) is 5.91 Å². The average Bonchev–Trinajstić information content (AvgIpc) is 3.03. The lowest BCUT2D eigenvalue weighted by atomic mass is 10.0. The molecule has 0 saturated heterocycles. The summed E-state index contributed by atoms with van der Waals surface area (Å²) >= 11 is 0. The smallest absolute Gasteiger partial charge is 0.253 e. The number of benzene rings is 2. The Bertz CT molecular complexity index is 917. The number of carbonyl (C=O) groups is 1. The molecule has 6 nitrogen and oxygen atoms in total. The van der Waals surface area contributed by atoms with Crippen LogP contribution in [-0.2, 0) is 11.3 Å². The van der Waals surface area contributed by atoms with Gasteiger partial charge in [0.2, 0.25) is 0 Å². The third-order valence-electron chi connectivity index (χ3n) is 4.37. The molecule has 0 aliphatic rings. The van der Waals surface area contributed by atoms with E-state index in [2.05, 4.69) is 39.9 Å². The second-order valence-electron chi connectivity index (χ2n) is 6.12. The molecule has 0 radical (unpaired) electrons. The van der Waals surface area contributed by atoms with Crippen LogP contribution in [0.2, 0.25) is 0 Å². The number of methoxy groups -OCH3 is 1. The highest BCUT2D eigenvalue weighted by Crippen LogP contribution is 2.30. The van der Waals surface area contributed by atoms with Gasteiger partial charge in [-0.15, -0.1) is 0 Å². The first-order chi connectivity index (χ1) is 12.6. The van der Waals surface area contributed by atoms with E-state index in [4.69, 9.17) is 10.5 Å². The summed E-state index contributed by atoms with van der Waals surface area (Å²) in [6, 6.07) is 14.4. The number of primary amides is 1. The van der Waals surface area contributed by atoms with Gasteiger partial charge < -0.3 is 26.1 Å². The second kappa shape index (κ2) is 8.03. The number of hydrogen-bond donors (Lipinski definition) is 4. The number of ether oxygens (including phenoxy) is 1. The van der Waals surface area contributed by atoms with Crippen molar-refractivity contribution in [3.63, 3.8) is 0 Å². The predicted octanol–water partition coefficient (Wildman–Crippen LogP) is 2.71. The molecule has 1 heterocycles. The van der Waals surface area contributed by atoms with Gasteiger partial charge in [0, 0.05) is 38.1 Å². The molecule has 0 saturated carbocycles. The highest BCUT2D eigenvalue weighted by molar-refractivity contribution is 6.11. The Hall–Kier alpha value is -2.83. The minimum atomic E-state index is -0.447. The van der Waals surface area contributed by atoms with Crippen molar-refractivity contribution >= 4 is 22.6 Å². The van der Waals surface area contributed by atoms with Crippen LogP contribution < -0.4 is 16.4 Å². The molecule has 1 amide bonds. The molecule has 0 aliphatic heterocycles. The SMILES string of the molecule is CNc1[nH]c2cc(-c3cccc(CNCCOC)c3)ccc2c1C(N)=O. The van der Waals surface area contributed by atoms with Crippen molar-refractivity contribution < 1.29 is 9.53 Å². The van der Waals surface area contributed by atoms with Gasteiger partial charge in [0.1, 0.15) is 5.82 Å². The van der Waals surface area contributed by atoms with Crippen LogP contribution in [-0.4, -0.2) is 38.2 Å². The first kappa shape index (κ1) is 18.0. The molecule has 3 rings (SSSR count). The second-order valence-corrected chi connectivity index (χ2v) is 6.12. The molecule has 0 spiro atoms. The van der Waals surface area contributed by atoms with Crippen LogP contribution in [0.3, 0.4) is 0 Å². The van der Waals surface area contributed by atoms with Gasteiger partial charge in [-0.05, 0) is 28.8 Å². The first-order valence-corrected chi connectivity index (χ1v) is 8.56. The lowest BCUT2D eigenvalue weighted by Crippen LogP contribution is -2.18. The lowest BCUT2D eigenvalue weighted by Gasteiger charge is -2.07. The zero-order valence-corrected chi connectivity index (χ0v) is 15.1. The van der Waals surface area contributed by atoms with E-state index < -0.39 is 5.91 Å². The molecule has 136 valence electrons. The number of rotatable bonds is 8. The maximum atomic E-state index is 11.7. The summed E-state index contributed by atoms with van der Waals surface area (Å²) in [5, 5.41) is 7.17. The Morgan fingerprint density at radius 2 is 2.00 bits per heavy atom. The summed E-state index contributed by atoms with van der Waals surface area (Å²) in [6.45, 7) is 2.30. The maximum Gasteiger partial charge on any atom is 0.253 e. The summed E-state index contributed by atoms with van der Waals surface area (Å²) in [6.07, 6.45) is 0. The topological polar surface area (TPSA) is 92.2 Å². The number of amides is 1. The van der Waals surface area contributed by atoms with E-state index >= 15 is 0 Å². The van der Waals surface area contributed by atoms with E-state index in [0.29, 0.717) is 18.0 Å². The monoisotopic (exact) mass is 352 g/mol.